The number of non-ortho nitro benzene ring substituents is 1. The van der Waals surface area contributed by atoms with Gasteiger partial charge in [-0.25, -0.2) is 8.42 Å². The van der Waals surface area contributed by atoms with E-state index >= 15 is 0 Å². The molecule has 2 aromatic rings. The molecule has 0 radical (unpaired) electrons. The fourth-order valence-corrected chi connectivity index (χ4v) is 3.76. The van der Waals surface area contributed by atoms with Crippen LogP contribution < -0.4 is 4.31 Å². The van der Waals surface area contributed by atoms with Crippen molar-refractivity contribution in [2.45, 2.75) is 18.7 Å². The molecule has 0 aliphatic carbocycles. The van der Waals surface area contributed by atoms with E-state index in [1.807, 2.05) is 6.92 Å². The van der Waals surface area contributed by atoms with Crippen molar-refractivity contribution in [1.29, 1.82) is 0 Å². The zero-order valence-electron chi connectivity index (χ0n) is 14.5. The van der Waals surface area contributed by atoms with E-state index in [0.29, 0.717) is 5.56 Å². The molecule has 0 aromatic heterocycles. The van der Waals surface area contributed by atoms with Gasteiger partial charge in [-0.15, -0.1) is 0 Å². The predicted molar refractivity (Wildman–Crippen MR) is 95.6 cm³/mol. The van der Waals surface area contributed by atoms with E-state index < -0.39 is 27.5 Å². The molecular weight excluding hydrogens is 360 g/mol. The van der Waals surface area contributed by atoms with Crippen LogP contribution in [0.3, 0.4) is 0 Å². The van der Waals surface area contributed by atoms with Gasteiger partial charge in [0, 0.05) is 12.1 Å². The molecule has 9 heteroatoms. The summed E-state index contributed by atoms with van der Waals surface area (Å²) in [4.78, 5) is 22.2. The third kappa shape index (κ3) is 3.99. The molecule has 2 rings (SSSR count). The lowest BCUT2D eigenvalue weighted by molar-refractivity contribution is -0.384. The van der Waals surface area contributed by atoms with Crippen molar-refractivity contribution in [3.63, 3.8) is 0 Å². The van der Waals surface area contributed by atoms with Crippen LogP contribution in [0.25, 0.3) is 0 Å². The second kappa shape index (κ2) is 7.52. The summed E-state index contributed by atoms with van der Waals surface area (Å²) in [5.41, 5.74) is 1.11. The molecule has 0 saturated carbocycles. The number of methoxy groups -OCH3 is 1. The fraction of sp³-hybridized carbons (Fsp3) is 0.235. The van der Waals surface area contributed by atoms with Crippen LogP contribution in [0, 0.1) is 24.0 Å². The minimum atomic E-state index is -4.13. The predicted octanol–water partition coefficient (Wildman–Crippen LogP) is 2.58. The lowest BCUT2D eigenvalue weighted by Gasteiger charge is -2.24. The number of benzene rings is 2. The molecule has 0 saturated heterocycles. The largest absolute Gasteiger partial charge is 0.468 e. The van der Waals surface area contributed by atoms with Gasteiger partial charge in [-0.3, -0.25) is 19.2 Å². The Hall–Kier alpha value is -2.94. The number of nitro benzene ring substituents is 1. The second-order valence-electron chi connectivity index (χ2n) is 5.63. The van der Waals surface area contributed by atoms with Gasteiger partial charge in [0.25, 0.3) is 15.7 Å². The molecule has 0 unspecified atom stereocenters. The molecule has 0 amide bonds. The van der Waals surface area contributed by atoms with Gasteiger partial charge in [0.2, 0.25) is 0 Å². The van der Waals surface area contributed by atoms with E-state index in [1.54, 1.807) is 19.1 Å². The van der Waals surface area contributed by atoms with Gasteiger partial charge in [0.05, 0.1) is 22.6 Å². The van der Waals surface area contributed by atoms with Gasteiger partial charge in [0.15, 0.2) is 0 Å². The number of hydrogen-bond donors (Lipinski definition) is 0. The van der Waals surface area contributed by atoms with Crippen LogP contribution in [0.5, 0.6) is 0 Å². The summed E-state index contributed by atoms with van der Waals surface area (Å²) in [6.07, 6.45) is 0. The number of nitro groups is 1. The maximum absolute atomic E-state index is 13.1. The standard InChI is InChI=1S/C17H18N2O6S/c1-12-4-8-15(9-5-12)26(23,24)18(11-17(20)25-3)16-10-14(19(21)22)7-6-13(16)2/h4-10H,11H2,1-3H3. The SMILES string of the molecule is COC(=O)CN(c1cc([N+](=O)[O-])ccc1C)S(=O)(=O)c1ccc(C)cc1. The lowest BCUT2D eigenvalue weighted by atomic mass is 10.2. The summed E-state index contributed by atoms with van der Waals surface area (Å²) in [5, 5.41) is 11.1. The van der Waals surface area contributed by atoms with E-state index in [1.165, 1.54) is 24.3 Å². The Morgan fingerprint density at radius 1 is 1.15 bits per heavy atom. The van der Waals surface area contributed by atoms with Crippen molar-refractivity contribution in [3.05, 3.63) is 63.7 Å². The van der Waals surface area contributed by atoms with E-state index in [2.05, 4.69) is 4.74 Å². The zero-order valence-corrected chi connectivity index (χ0v) is 15.3. The summed E-state index contributed by atoms with van der Waals surface area (Å²) >= 11 is 0. The summed E-state index contributed by atoms with van der Waals surface area (Å²) in [6, 6.07) is 9.93. The monoisotopic (exact) mass is 378 g/mol. The van der Waals surface area contributed by atoms with Crippen LogP contribution in [0.1, 0.15) is 11.1 Å². The molecule has 0 atom stereocenters. The van der Waals surface area contributed by atoms with Gasteiger partial charge in [-0.2, -0.15) is 0 Å². The van der Waals surface area contributed by atoms with E-state index in [4.69, 9.17) is 0 Å². The number of sulfonamides is 1. The highest BCUT2D eigenvalue weighted by Crippen LogP contribution is 2.30. The molecule has 26 heavy (non-hydrogen) atoms. The number of rotatable bonds is 6. The van der Waals surface area contributed by atoms with E-state index in [0.717, 1.165) is 23.0 Å². The number of carbonyl (C=O) groups is 1. The van der Waals surface area contributed by atoms with Gasteiger partial charge in [-0.05, 0) is 31.5 Å². The Labute approximate surface area is 151 Å². The van der Waals surface area contributed by atoms with Gasteiger partial charge in [-0.1, -0.05) is 23.8 Å². The second-order valence-corrected chi connectivity index (χ2v) is 7.49. The van der Waals surface area contributed by atoms with E-state index in [-0.39, 0.29) is 16.3 Å². The van der Waals surface area contributed by atoms with Crippen molar-refractivity contribution in [2.24, 2.45) is 0 Å². The minimum Gasteiger partial charge on any atom is -0.468 e. The summed E-state index contributed by atoms with van der Waals surface area (Å²) in [7, 11) is -2.99. The molecule has 138 valence electrons. The quantitative estimate of drug-likeness (QED) is 0.434. The summed E-state index contributed by atoms with van der Waals surface area (Å²) in [6.45, 7) is 2.82. The van der Waals surface area contributed by atoms with Crippen molar-refractivity contribution in [1.82, 2.24) is 0 Å². The van der Waals surface area contributed by atoms with Crippen LogP contribution in [0.4, 0.5) is 11.4 Å². The zero-order chi connectivity index (χ0) is 19.5. The molecular formula is C17H18N2O6S. The maximum atomic E-state index is 13.1. The molecule has 0 fully saturated rings. The Balaban J connectivity index is 2.64. The van der Waals surface area contributed by atoms with Crippen LogP contribution in [0.15, 0.2) is 47.4 Å². The molecule has 0 spiro atoms. The van der Waals surface area contributed by atoms with Crippen molar-refractivity contribution in [2.75, 3.05) is 18.0 Å². The third-order valence-corrected chi connectivity index (χ3v) is 5.56. The molecule has 0 bridgehead atoms. The van der Waals surface area contributed by atoms with Crippen molar-refractivity contribution >= 4 is 27.4 Å². The Kier molecular flexibility index (Phi) is 5.61. The van der Waals surface area contributed by atoms with Crippen molar-refractivity contribution < 1.29 is 22.9 Å². The van der Waals surface area contributed by atoms with E-state index in [9.17, 15) is 23.3 Å². The summed E-state index contributed by atoms with van der Waals surface area (Å²) in [5.74, 6) is -0.786. The first kappa shape index (κ1) is 19.4. The number of hydrogen-bond acceptors (Lipinski definition) is 6. The van der Waals surface area contributed by atoms with Crippen LogP contribution in [-0.2, 0) is 19.6 Å². The number of nitrogens with zero attached hydrogens (tertiary/aromatic N) is 2. The highest BCUT2D eigenvalue weighted by atomic mass is 32.2. The number of esters is 1. The number of aryl methyl sites for hydroxylation is 2. The maximum Gasteiger partial charge on any atom is 0.326 e. The Bertz CT molecular complexity index is 938. The summed E-state index contributed by atoms with van der Waals surface area (Å²) < 4.78 is 31.6. The average Bonchev–Trinajstić information content (AvgIpc) is 2.60. The minimum absolute atomic E-state index is 0.0297. The fourth-order valence-electron chi connectivity index (χ4n) is 2.30. The number of carbonyl (C=O) groups excluding carboxylic acids is 1. The normalized spacial score (nSPS) is 11.0. The lowest BCUT2D eigenvalue weighted by Crippen LogP contribution is -2.36. The highest BCUT2D eigenvalue weighted by Gasteiger charge is 2.29. The first-order valence-electron chi connectivity index (χ1n) is 7.58. The van der Waals surface area contributed by atoms with Crippen molar-refractivity contribution in [3.8, 4) is 0 Å². The molecule has 0 N–H and O–H groups in total. The number of anilines is 1. The topological polar surface area (TPSA) is 107 Å². The highest BCUT2D eigenvalue weighted by molar-refractivity contribution is 7.92. The molecule has 0 aliphatic rings. The molecule has 2 aromatic carbocycles. The van der Waals surface area contributed by atoms with Gasteiger partial charge < -0.3 is 4.74 Å². The Morgan fingerprint density at radius 3 is 2.31 bits per heavy atom. The average molecular weight is 378 g/mol. The van der Waals surface area contributed by atoms with Gasteiger partial charge in [0.1, 0.15) is 6.54 Å². The Morgan fingerprint density at radius 2 is 1.77 bits per heavy atom. The number of ether oxygens (including phenoxy) is 1. The first-order chi connectivity index (χ1) is 12.2. The smallest absolute Gasteiger partial charge is 0.326 e. The molecule has 8 nitrogen and oxygen atoms in total. The third-order valence-electron chi connectivity index (χ3n) is 3.78. The van der Waals surface area contributed by atoms with Crippen LogP contribution in [-0.4, -0.2) is 33.0 Å². The van der Waals surface area contributed by atoms with Crippen LogP contribution in [0.2, 0.25) is 0 Å². The first-order valence-corrected chi connectivity index (χ1v) is 9.02. The molecule has 0 heterocycles. The molecule has 0 aliphatic heterocycles. The van der Waals surface area contributed by atoms with Crippen LogP contribution >= 0.6 is 0 Å². The van der Waals surface area contributed by atoms with Gasteiger partial charge >= 0.3 is 5.97 Å².